The van der Waals surface area contributed by atoms with Crippen LogP contribution >= 0.6 is 0 Å². The first-order chi connectivity index (χ1) is 18.2. The van der Waals surface area contributed by atoms with E-state index in [1.165, 1.54) is 30.5 Å². The van der Waals surface area contributed by atoms with Crippen LogP contribution in [0, 0.1) is 12.8 Å². The van der Waals surface area contributed by atoms with Crippen molar-refractivity contribution >= 4 is 11.8 Å². The molecule has 0 saturated heterocycles. The summed E-state index contributed by atoms with van der Waals surface area (Å²) in [6, 6.07) is 6.62. The Morgan fingerprint density at radius 2 is 1.89 bits per heavy atom. The minimum atomic E-state index is -4.75. The minimum absolute atomic E-state index is 0.108. The molecule has 0 spiro atoms. The smallest absolute Gasteiger partial charge is 0.405 e. The zero-order valence-electron chi connectivity index (χ0n) is 22.0. The molecule has 10 heteroatoms. The monoisotopic (exact) mass is 530 g/mol. The molecule has 1 aromatic heterocycles. The van der Waals surface area contributed by atoms with Gasteiger partial charge in [0, 0.05) is 50.0 Å². The van der Waals surface area contributed by atoms with Crippen molar-refractivity contribution in [2.24, 2.45) is 5.92 Å². The summed E-state index contributed by atoms with van der Waals surface area (Å²) in [5.41, 5.74) is 2.76. The lowest BCUT2D eigenvalue weighted by Crippen LogP contribution is -2.35. The number of benzene rings is 1. The zero-order chi connectivity index (χ0) is 27.0. The van der Waals surface area contributed by atoms with E-state index in [2.05, 4.69) is 61.0 Å². The highest BCUT2D eigenvalue weighted by atomic mass is 19.4. The maximum Gasteiger partial charge on any atom is 0.573 e. The van der Waals surface area contributed by atoms with Crippen LogP contribution in [0.15, 0.2) is 54.4 Å². The first-order valence-corrected chi connectivity index (χ1v) is 13.2. The number of aromatic nitrogens is 2. The van der Waals surface area contributed by atoms with Gasteiger partial charge in [-0.25, -0.2) is 4.98 Å². The van der Waals surface area contributed by atoms with Crippen LogP contribution in [0.25, 0.3) is 0 Å². The highest BCUT2D eigenvalue weighted by Gasteiger charge is 2.32. The second-order valence-corrected chi connectivity index (χ2v) is 10.1. The molecule has 0 amide bonds. The van der Waals surface area contributed by atoms with Crippen molar-refractivity contribution in [3.05, 3.63) is 65.5 Å². The number of rotatable bonds is 11. The Bertz CT molecular complexity index is 1110. The van der Waals surface area contributed by atoms with Gasteiger partial charge in [0.05, 0.1) is 0 Å². The average Bonchev–Trinajstić information content (AvgIpc) is 2.88. The van der Waals surface area contributed by atoms with Gasteiger partial charge in [-0.05, 0) is 75.4 Å². The van der Waals surface area contributed by atoms with E-state index in [1.54, 1.807) is 18.3 Å². The van der Waals surface area contributed by atoms with Crippen LogP contribution in [-0.4, -0.2) is 54.0 Å². The van der Waals surface area contributed by atoms with Gasteiger partial charge in [-0.1, -0.05) is 24.3 Å². The molecule has 1 aromatic carbocycles. The second-order valence-electron chi connectivity index (χ2n) is 10.1. The average molecular weight is 531 g/mol. The maximum atomic E-state index is 12.7. The number of nitrogens with one attached hydrogen (secondary N) is 3. The normalized spacial score (nSPS) is 19.7. The number of allylic oxidation sites excluding steroid dienone is 2. The zero-order valence-corrected chi connectivity index (χ0v) is 22.0. The topological polar surface area (TPSA) is 74.3 Å². The van der Waals surface area contributed by atoms with Crippen LogP contribution in [0.2, 0.25) is 0 Å². The largest absolute Gasteiger partial charge is 0.573 e. The van der Waals surface area contributed by atoms with Crippen molar-refractivity contribution in [1.29, 1.82) is 0 Å². The van der Waals surface area contributed by atoms with Crippen LogP contribution < -0.4 is 20.7 Å². The molecule has 1 fully saturated rings. The molecule has 1 saturated carbocycles. The van der Waals surface area contributed by atoms with Gasteiger partial charge in [-0.2, -0.15) is 4.98 Å². The number of hydrogen-bond donors (Lipinski definition) is 3. The molecule has 4 rings (SSSR count). The van der Waals surface area contributed by atoms with Crippen molar-refractivity contribution in [2.75, 3.05) is 37.3 Å². The predicted molar refractivity (Wildman–Crippen MR) is 144 cm³/mol. The summed E-state index contributed by atoms with van der Waals surface area (Å²) < 4.78 is 42.2. The van der Waals surface area contributed by atoms with Crippen LogP contribution in [0.3, 0.4) is 0 Å². The lowest BCUT2D eigenvalue weighted by Gasteiger charge is -2.30. The summed E-state index contributed by atoms with van der Waals surface area (Å²) in [6.07, 6.45) is 9.14. The second kappa shape index (κ2) is 13.0. The third kappa shape index (κ3) is 8.65. The fourth-order valence-corrected chi connectivity index (χ4v) is 4.92. The number of ether oxygens (including phenoxy) is 1. The van der Waals surface area contributed by atoms with Gasteiger partial charge in [0.2, 0.25) is 5.95 Å². The fraction of sp³-hybridized carbons (Fsp3) is 0.500. The number of hydrogen-bond acceptors (Lipinski definition) is 7. The number of halogens is 3. The molecule has 2 aromatic rings. The molecule has 0 atom stereocenters. The minimum Gasteiger partial charge on any atom is -0.405 e. The Labute approximate surface area is 222 Å². The fourth-order valence-electron chi connectivity index (χ4n) is 4.92. The number of nitrogens with zero attached hydrogens (tertiary/aromatic N) is 3. The van der Waals surface area contributed by atoms with E-state index in [9.17, 15) is 13.2 Å². The van der Waals surface area contributed by atoms with Crippen LogP contribution in [0.4, 0.5) is 24.9 Å². The molecule has 0 unspecified atom stereocenters. The van der Waals surface area contributed by atoms with Crippen LogP contribution in [0.1, 0.15) is 43.2 Å². The number of aryl methyl sites for hydroxylation is 1. The van der Waals surface area contributed by atoms with E-state index in [-0.39, 0.29) is 12.3 Å². The van der Waals surface area contributed by atoms with Crippen molar-refractivity contribution in [2.45, 2.75) is 58.0 Å². The van der Waals surface area contributed by atoms with E-state index in [1.807, 2.05) is 6.92 Å². The van der Waals surface area contributed by atoms with Crippen molar-refractivity contribution in [3.8, 4) is 5.75 Å². The first-order valence-electron chi connectivity index (χ1n) is 13.2. The van der Waals surface area contributed by atoms with Crippen LogP contribution in [0.5, 0.6) is 5.75 Å². The molecule has 38 heavy (non-hydrogen) atoms. The molecule has 206 valence electrons. The summed E-state index contributed by atoms with van der Waals surface area (Å²) >= 11 is 0. The lowest BCUT2D eigenvalue weighted by molar-refractivity contribution is -0.274. The molecule has 1 aliphatic heterocycles. The Morgan fingerprint density at radius 3 is 2.66 bits per heavy atom. The molecule has 3 N–H and O–H groups in total. The van der Waals surface area contributed by atoms with Gasteiger partial charge < -0.3 is 25.6 Å². The summed E-state index contributed by atoms with van der Waals surface area (Å²) in [7, 11) is 2.10. The molecule has 0 bridgehead atoms. The molecular weight excluding hydrogens is 493 g/mol. The van der Waals surface area contributed by atoms with E-state index in [4.69, 9.17) is 0 Å². The SMILES string of the molecule is Cc1cnc(NCc2ccccc2OC(F)(F)F)nc1NCC1CCC(NCCC2=CC=CN(C)C2)CC1. The Balaban J connectivity index is 1.20. The Hall–Kier alpha value is -3.27. The number of anilines is 2. The van der Waals surface area contributed by atoms with Gasteiger partial charge in [0.25, 0.3) is 0 Å². The van der Waals surface area contributed by atoms with Crippen molar-refractivity contribution in [1.82, 2.24) is 20.2 Å². The summed E-state index contributed by atoms with van der Waals surface area (Å²) in [5.74, 6) is 1.42. The van der Waals surface area contributed by atoms with Gasteiger partial charge in [0.1, 0.15) is 11.6 Å². The van der Waals surface area contributed by atoms with E-state index < -0.39 is 6.36 Å². The Morgan fingerprint density at radius 1 is 1.11 bits per heavy atom. The molecule has 0 radical (unpaired) electrons. The van der Waals surface area contributed by atoms with E-state index in [0.717, 1.165) is 50.3 Å². The summed E-state index contributed by atoms with van der Waals surface area (Å²) in [4.78, 5) is 11.1. The third-order valence-electron chi connectivity index (χ3n) is 7.02. The van der Waals surface area contributed by atoms with E-state index in [0.29, 0.717) is 23.5 Å². The van der Waals surface area contributed by atoms with Gasteiger partial charge in [-0.3, -0.25) is 0 Å². The van der Waals surface area contributed by atoms with Crippen molar-refractivity contribution in [3.63, 3.8) is 0 Å². The van der Waals surface area contributed by atoms with E-state index >= 15 is 0 Å². The molecule has 2 aliphatic rings. The van der Waals surface area contributed by atoms with Gasteiger partial charge >= 0.3 is 6.36 Å². The predicted octanol–water partition coefficient (Wildman–Crippen LogP) is 5.63. The van der Waals surface area contributed by atoms with Gasteiger partial charge in [-0.15, -0.1) is 13.2 Å². The maximum absolute atomic E-state index is 12.7. The number of likely N-dealkylation sites (N-methyl/N-ethyl adjacent to an activating group) is 1. The Kier molecular flexibility index (Phi) is 9.49. The summed E-state index contributed by atoms with van der Waals surface area (Å²) in [6.45, 7) is 4.91. The number of alkyl halides is 3. The molecule has 2 heterocycles. The molecule has 1 aliphatic carbocycles. The third-order valence-corrected chi connectivity index (χ3v) is 7.02. The number of para-hydroxylation sites is 1. The quantitative estimate of drug-likeness (QED) is 0.348. The standard InChI is InChI=1S/C28H37F3N6O/c1-20-16-34-27(35-18-23-7-3-4-8-25(23)38-28(29,30)31)36-26(20)33-17-21-9-11-24(12-10-21)32-14-13-22-6-5-15-37(2)19-22/h3-8,15-16,21,24,32H,9-14,17-19H2,1-2H3,(H2,33,34,35,36). The molecule has 7 nitrogen and oxygen atoms in total. The lowest BCUT2D eigenvalue weighted by atomic mass is 9.86. The van der Waals surface area contributed by atoms with Crippen LogP contribution in [-0.2, 0) is 6.54 Å². The molecular formula is C28H37F3N6O. The highest BCUT2D eigenvalue weighted by Crippen LogP contribution is 2.27. The first kappa shape index (κ1) is 27.8. The van der Waals surface area contributed by atoms with Gasteiger partial charge in [0.15, 0.2) is 0 Å². The van der Waals surface area contributed by atoms with Crippen molar-refractivity contribution < 1.29 is 17.9 Å². The summed E-state index contributed by atoms with van der Waals surface area (Å²) in [5, 5.41) is 10.2. The highest BCUT2D eigenvalue weighted by molar-refractivity contribution is 5.47.